The second-order valence-corrected chi connectivity index (χ2v) is 9.67. The fourth-order valence-corrected chi connectivity index (χ4v) is 5.15. The first-order valence-corrected chi connectivity index (χ1v) is 12.1. The summed E-state index contributed by atoms with van der Waals surface area (Å²) in [5, 5.41) is 14.5. The summed E-state index contributed by atoms with van der Waals surface area (Å²) in [6.45, 7) is 6.98. The molecule has 3 aromatic rings. The van der Waals surface area contributed by atoms with Crippen molar-refractivity contribution in [1.29, 1.82) is 0 Å². The Labute approximate surface area is 205 Å². The summed E-state index contributed by atoms with van der Waals surface area (Å²) in [5.74, 6) is 1.23. The van der Waals surface area contributed by atoms with Crippen LogP contribution in [-0.2, 0) is 40.9 Å². The molecule has 0 fully saturated rings. The van der Waals surface area contributed by atoms with E-state index in [0.717, 1.165) is 35.1 Å². The maximum absolute atomic E-state index is 10.9. The molecule has 8 nitrogen and oxygen atoms in total. The molecule has 0 bridgehead atoms. The maximum Gasteiger partial charge on any atom is 0.231 e. The van der Waals surface area contributed by atoms with E-state index in [-0.39, 0.29) is 12.0 Å². The Kier molecular flexibility index (Phi) is 7.31. The fraction of sp³-hybridized carbons (Fsp3) is 0.407. The molecule has 2 aromatic carbocycles. The summed E-state index contributed by atoms with van der Waals surface area (Å²) in [4.78, 5) is 21.7. The van der Waals surface area contributed by atoms with Crippen molar-refractivity contribution in [2.45, 2.75) is 70.5 Å². The Morgan fingerprint density at radius 1 is 0.943 bits per heavy atom. The van der Waals surface area contributed by atoms with Crippen LogP contribution in [0.4, 0.5) is 0 Å². The lowest BCUT2D eigenvalue weighted by atomic mass is 9.68. The Balaban J connectivity index is 1.97. The lowest BCUT2D eigenvalue weighted by Gasteiger charge is -2.35. The van der Waals surface area contributed by atoms with Gasteiger partial charge in [0.05, 0.1) is 0 Å². The van der Waals surface area contributed by atoms with Gasteiger partial charge in [-0.15, -0.1) is 10.2 Å². The summed E-state index contributed by atoms with van der Waals surface area (Å²) >= 11 is 0. The molecule has 0 saturated heterocycles. The van der Waals surface area contributed by atoms with Gasteiger partial charge >= 0.3 is 0 Å². The molecule has 1 atom stereocenters. The number of aromatic nitrogens is 2. The molecule has 0 unspecified atom stereocenters. The minimum Gasteiger partial charge on any atom is -0.424 e. The van der Waals surface area contributed by atoms with E-state index >= 15 is 0 Å². The lowest BCUT2D eigenvalue weighted by molar-refractivity contribution is -0.110. The van der Waals surface area contributed by atoms with Crippen molar-refractivity contribution < 1.29 is 14.0 Å². The fourth-order valence-electron chi connectivity index (χ4n) is 5.15. The lowest BCUT2D eigenvalue weighted by Crippen LogP contribution is -2.37. The number of nitrogens with two attached hydrogens (primary N) is 1. The molecule has 4 rings (SSSR count). The molecule has 1 heterocycles. The average Bonchev–Trinajstić information content (AvgIpc) is 3.30. The van der Waals surface area contributed by atoms with Crippen molar-refractivity contribution >= 4 is 12.8 Å². The molecular formula is C27H33N5O3. The highest BCUT2D eigenvalue weighted by Crippen LogP contribution is 2.47. The van der Waals surface area contributed by atoms with E-state index in [2.05, 4.69) is 45.1 Å². The van der Waals surface area contributed by atoms with Crippen LogP contribution in [0.25, 0.3) is 0 Å². The monoisotopic (exact) mass is 475 g/mol. The van der Waals surface area contributed by atoms with E-state index < -0.39 is 5.41 Å². The van der Waals surface area contributed by atoms with Gasteiger partial charge in [-0.3, -0.25) is 9.59 Å². The Bertz CT molecular complexity index is 1140. The topological polar surface area (TPSA) is 123 Å². The Morgan fingerprint density at radius 2 is 1.49 bits per heavy atom. The van der Waals surface area contributed by atoms with Crippen LogP contribution in [0.2, 0.25) is 0 Å². The number of hydrogen-bond donors (Lipinski definition) is 3. The van der Waals surface area contributed by atoms with Crippen molar-refractivity contribution in [3.05, 3.63) is 81.6 Å². The van der Waals surface area contributed by atoms with Gasteiger partial charge in [-0.2, -0.15) is 0 Å². The highest BCUT2D eigenvalue weighted by Gasteiger charge is 2.46. The zero-order valence-electron chi connectivity index (χ0n) is 20.5. The van der Waals surface area contributed by atoms with Gasteiger partial charge < -0.3 is 20.8 Å². The Morgan fingerprint density at radius 3 is 1.91 bits per heavy atom. The van der Waals surface area contributed by atoms with Crippen LogP contribution >= 0.6 is 0 Å². The quantitative estimate of drug-likeness (QED) is 0.388. The summed E-state index contributed by atoms with van der Waals surface area (Å²) in [5.41, 5.74) is 12.4. The van der Waals surface area contributed by atoms with Gasteiger partial charge in [0.15, 0.2) is 0 Å². The van der Waals surface area contributed by atoms with Crippen molar-refractivity contribution in [3.8, 4) is 0 Å². The zero-order chi connectivity index (χ0) is 25.0. The normalized spacial score (nSPS) is 15.0. The third-order valence-electron chi connectivity index (χ3n) is 6.63. The highest BCUT2D eigenvalue weighted by molar-refractivity contribution is 5.56. The Hall–Kier alpha value is -3.52. The SMILES string of the molecule is CC(C)c1nnc(C2(C[C@H](C)N)c3ccc(CNC=O)cc3CCc3cc(CNC=O)ccc32)o1. The third-order valence-corrected chi connectivity index (χ3v) is 6.63. The molecule has 1 aromatic heterocycles. The zero-order valence-corrected chi connectivity index (χ0v) is 20.5. The van der Waals surface area contributed by atoms with Gasteiger partial charge in [0, 0.05) is 25.0 Å². The van der Waals surface area contributed by atoms with Crippen molar-refractivity contribution in [3.63, 3.8) is 0 Å². The van der Waals surface area contributed by atoms with Crippen LogP contribution in [0.1, 0.15) is 78.3 Å². The first-order valence-electron chi connectivity index (χ1n) is 12.1. The smallest absolute Gasteiger partial charge is 0.231 e. The molecule has 35 heavy (non-hydrogen) atoms. The minimum absolute atomic E-state index is 0.0990. The van der Waals surface area contributed by atoms with Crippen molar-refractivity contribution in [2.75, 3.05) is 0 Å². The average molecular weight is 476 g/mol. The van der Waals surface area contributed by atoms with E-state index in [4.69, 9.17) is 10.2 Å². The van der Waals surface area contributed by atoms with Crippen molar-refractivity contribution in [2.24, 2.45) is 5.73 Å². The number of benzene rings is 2. The van der Waals surface area contributed by atoms with Crippen LogP contribution in [0.15, 0.2) is 40.8 Å². The second kappa shape index (κ2) is 10.4. The molecule has 1 aliphatic rings. The number of amides is 2. The number of fused-ring (bicyclic) bond motifs is 2. The van der Waals surface area contributed by atoms with Gasteiger partial charge in [-0.25, -0.2) is 0 Å². The molecule has 2 amide bonds. The second-order valence-electron chi connectivity index (χ2n) is 9.67. The van der Waals surface area contributed by atoms with E-state index in [0.29, 0.717) is 44.1 Å². The molecular weight excluding hydrogens is 442 g/mol. The van der Waals surface area contributed by atoms with Crippen LogP contribution in [0.3, 0.4) is 0 Å². The standard InChI is InChI=1S/C27H33N5O3/c1-17(2)25-31-32-26(35-25)27(12-18(3)28)23-8-4-19(13-29-15-33)10-21(23)6-7-22-11-20(14-30-16-34)5-9-24(22)27/h4-5,8-11,15-18H,6-7,12-14,28H2,1-3H3,(H,29,33)(H,30,34)/t18-/m0/s1. The van der Waals surface area contributed by atoms with Crippen LogP contribution in [0, 0.1) is 0 Å². The van der Waals surface area contributed by atoms with Gasteiger partial charge in [-0.05, 0) is 59.6 Å². The van der Waals surface area contributed by atoms with E-state index in [1.165, 1.54) is 11.1 Å². The molecule has 0 spiro atoms. The van der Waals surface area contributed by atoms with E-state index in [9.17, 15) is 9.59 Å². The van der Waals surface area contributed by atoms with Gasteiger partial charge in [-0.1, -0.05) is 50.2 Å². The van der Waals surface area contributed by atoms with Crippen LogP contribution < -0.4 is 16.4 Å². The van der Waals surface area contributed by atoms with E-state index in [1.54, 1.807) is 0 Å². The predicted octanol–water partition coefficient (Wildman–Crippen LogP) is 2.86. The molecule has 8 heteroatoms. The maximum atomic E-state index is 10.9. The van der Waals surface area contributed by atoms with Crippen LogP contribution in [0.5, 0.6) is 0 Å². The summed E-state index contributed by atoms with van der Waals surface area (Å²) in [6, 6.07) is 12.5. The molecule has 0 radical (unpaired) electrons. The number of nitrogens with one attached hydrogen (secondary N) is 2. The number of carbonyl (C=O) groups excluding carboxylic acids is 2. The number of carbonyl (C=O) groups is 2. The first kappa shape index (κ1) is 24.6. The summed E-state index contributed by atoms with van der Waals surface area (Å²) in [7, 11) is 0. The molecule has 4 N–H and O–H groups in total. The summed E-state index contributed by atoms with van der Waals surface area (Å²) < 4.78 is 6.35. The predicted molar refractivity (Wildman–Crippen MR) is 133 cm³/mol. The van der Waals surface area contributed by atoms with Gasteiger partial charge in [0.25, 0.3) is 0 Å². The third kappa shape index (κ3) is 4.84. The van der Waals surface area contributed by atoms with Gasteiger partial charge in [0.2, 0.25) is 24.6 Å². The molecule has 1 aliphatic carbocycles. The van der Waals surface area contributed by atoms with E-state index in [1.807, 2.05) is 32.9 Å². The highest BCUT2D eigenvalue weighted by atomic mass is 16.4. The van der Waals surface area contributed by atoms with Gasteiger partial charge in [0.1, 0.15) is 5.41 Å². The largest absolute Gasteiger partial charge is 0.424 e. The number of hydrogen-bond acceptors (Lipinski definition) is 6. The summed E-state index contributed by atoms with van der Waals surface area (Å²) in [6.07, 6.45) is 3.64. The first-order chi connectivity index (χ1) is 16.9. The van der Waals surface area contributed by atoms with Crippen molar-refractivity contribution in [1.82, 2.24) is 20.8 Å². The number of nitrogens with zero attached hydrogens (tertiary/aromatic N) is 2. The number of aryl methyl sites for hydroxylation is 2. The molecule has 184 valence electrons. The number of rotatable bonds is 10. The minimum atomic E-state index is -0.720. The molecule has 0 aliphatic heterocycles. The molecule has 0 saturated carbocycles. The van der Waals surface area contributed by atoms with Crippen LogP contribution in [-0.4, -0.2) is 29.1 Å².